The molecule has 0 spiro atoms. The van der Waals surface area contributed by atoms with Gasteiger partial charge in [0.1, 0.15) is 5.82 Å². The molecule has 1 N–H and O–H groups in total. The molecule has 0 unspecified atom stereocenters. The van der Waals surface area contributed by atoms with Crippen LogP contribution in [-0.4, -0.2) is 18.9 Å². The Labute approximate surface area is 114 Å². The van der Waals surface area contributed by atoms with Crippen LogP contribution in [0.3, 0.4) is 0 Å². The third-order valence-electron chi connectivity index (χ3n) is 3.82. The molecule has 1 aromatic carbocycles. The third-order valence-corrected chi connectivity index (χ3v) is 3.82. The van der Waals surface area contributed by atoms with Crippen LogP contribution in [0, 0.1) is 18.7 Å². The van der Waals surface area contributed by atoms with E-state index in [1.54, 1.807) is 12.1 Å². The lowest BCUT2D eigenvalue weighted by Crippen LogP contribution is -2.28. The van der Waals surface area contributed by atoms with Gasteiger partial charge in [-0.15, -0.1) is 0 Å². The van der Waals surface area contributed by atoms with Gasteiger partial charge >= 0.3 is 0 Å². The molecule has 0 aromatic heterocycles. The minimum Gasteiger partial charge on any atom is -0.310 e. The monoisotopic (exact) mass is 263 g/mol. The summed E-state index contributed by atoms with van der Waals surface area (Å²) >= 11 is 0. The third kappa shape index (κ3) is 4.43. The highest BCUT2D eigenvalue weighted by Gasteiger charge is 2.15. The Morgan fingerprint density at radius 1 is 1.37 bits per heavy atom. The van der Waals surface area contributed by atoms with Crippen molar-refractivity contribution in [3.05, 3.63) is 35.1 Å². The second kappa shape index (κ2) is 6.80. The first-order valence-electron chi connectivity index (χ1n) is 7.12. The number of rotatable bonds is 6. The van der Waals surface area contributed by atoms with Gasteiger partial charge in [0.2, 0.25) is 0 Å². The van der Waals surface area contributed by atoms with Gasteiger partial charge in [-0.2, -0.15) is 0 Å². The van der Waals surface area contributed by atoms with Gasteiger partial charge in [0.15, 0.2) is 5.78 Å². The number of aryl methyl sites for hydroxylation is 1. The van der Waals surface area contributed by atoms with E-state index < -0.39 is 0 Å². The van der Waals surface area contributed by atoms with E-state index in [-0.39, 0.29) is 18.0 Å². The summed E-state index contributed by atoms with van der Waals surface area (Å²) in [6.07, 6.45) is 5.36. The first kappa shape index (κ1) is 14.2. The molecule has 0 saturated heterocycles. The van der Waals surface area contributed by atoms with Crippen LogP contribution < -0.4 is 5.32 Å². The molecule has 1 aliphatic rings. The van der Waals surface area contributed by atoms with Gasteiger partial charge in [-0.25, -0.2) is 4.39 Å². The fourth-order valence-electron chi connectivity index (χ4n) is 2.74. The molecule has 2 rings (SSSR count). The van der Waals surface area contributed by atoms with Gasteiger partial charge in [0.05, 0.1) is 6.54 Å². The highest BCUT2D eigenvalue weighted by Crippen LogP contribution is 2.23. The zero-order chi connectivity index (χ0) is 13.7. The Morgan fingerprint density at radius 2 is 2.11 bits per heavy atom. The zero-order valence-corrected chi connectivity index (χ0v) is 11.5. The number of carbonyl (C=O) groups excluding carboxylic acids is 1. The van der Waals surface area contributed by atoms with Gasteiger partial charge in [-0.05, 0) is 43.9 Å². The topological polar surface area (TPSA) is 29.1 Å². The lowest BCUT2D eigenvalue weighted by Gasteiger charge is -2.10. The van der Waals surface area contributed by atoms with E-state index >= 15 is 0 Å². The Bertz CT molecular complexity index is 438. The summed E-state index contributed by atoms with van der Waals surface area (Å²) in [6.45, 7) is 3.18. The molecule has 1 saturated carbocycles. The molecule has 1 aliphatic carbocycles. The quantitative estimate of drug-likeness (QED) is 0.854. The first-order chi connectivity index (χ1) is 9.15. The van der Waals surface area contributed by atoms with Crippen LogP contribution in [0.5, 0.6) is 0 Å². The number of Topliss-reactive ketones (excluding diaryl/α,β-unsaturated/α-hetero) is 1. The smallest absolute Gasteiger partial charge is 0.151 e. The summed E-state index contributed by atoms with van der Waals surface area (Å²) in [7, 11) is 0. The number of nitrogens with one attached hydrogen (secondary N) is 1. The van der Waals surface area contributed by atoms with Crippen molar-refractivity contribution in [3.63, 3.8) is 0 Å². The van der Waals surface area contributed by atoms with Crippen LogP contribution in [0.2, 0.25) is 0 Å². The van der Waals surface area contributed by atoms with Crippen LogP contribution in [0.15, 0.2) is 18.2 Å². The van der Waals surface area contributed by atoms with Crippen LogP contribution in [-0.2, 0) is 11.2 Å². The molecule has 0 heterocycles. The van der Waals surface area contributed by atoms with Crippen molar-refractivity contribution in [2.45, 2.75) is 39.0 Å². The summed E-state index contributed by atoms with van der Waals surface area (Å²) in [5, 5.41) is 3.21. The summed E-state index contributed by atoms with van der Waals surface area (Å²) in [4.78, 5) is 11.8. The molecule has 104 valence electrons. The van der Waals surface area contributed by atoms with Gasteiger partial charge < -0.3 is 5.32 Å². The highest BCUT2D eigenvalue weighted by molar-refractivity contribution is 5.82. The Balaban J connectivity index is 1.75. The summed E-state index contributed by atoms with van der Waals surface area (Å²) in [5.74, 6) is 0.501. The Morgan fingerprint density at radius 3 is 2.84 bits per heavy atom. The normalized spacial score (nSPS) is 15.9. The number of halogens is 1. The van der Waals surface area contributed by atoms with Crippen LogP contribution in [0.4, 0.5) is 4.39 Å². The number of hydrogen-bond acceptors (Lipinski definition) is 2. The fraction of sp³-hybridized carbons (Fsp3) is 0.562. The predicted molar refractivity (Wildman–Crippen MR) is 74.7 cm³/mol. The van der Waals surface area contributed by atoms with E-state index in [4.69, 9.17) is 0 Å². The van der Waals surface area contributed by atoms with E-state index in [1.165, 1.54) is 31.7 Å². The largest absolute Gasteiger partial charge is 0.310 e. The van der Waals surface area contributed by atoms with Crippen molar-refractivity contribution in [2.24, 2.45) is 5.92 Å². The van der Waals surface area contributed by atoms with Crippen LogP contribution in [0.25, 0.3) is 0 Å². The van der Waals surface area contributed by atoms with Gasteiger partial charge in [0.25, 0.3) is 0 Å². The van der Waals surface area contributed by atoms with Crippen molar-refractivity contribution in [3.8, 4) is 0 Å². The Hall–Kier alpha value is -1.22. The lowest BCUT2D eigenvalue weighted by atomic mass is 10.1. The Kier molecular flexibility index (Phi) is 5.08. The number of carbonyl (C=O) groups is 1. The molecular weight excluding hydrogens is 241 g/mol. The SMILES string of the molecule is Cc1ccc(F)c(CC(=O)CNCC2CCCC2)c1. The fourth-order valence-corrected chi connectivity index (χ4v) is 2.74. The van der Waals surface area contributed by atoms with Crippen molar-refractivity contribution in [1.82, 2.24) is 5.32 Å². The number of ketones is 1. The van der Waals surface area contributed by atoms with E-state index in [0.717, 1.165) is 18.0 Å². The minimum absolute atomic E-state index is 0.0579. The van der Waals surface area contributed by atoms with E-state index in [1.807, 2.05) is 6.92 Å². The van der Waals surface area contributed by atoms with E-state index in [2.05, 4.69) is 5.32 Å². The van der Waals surface area contributed by atoms with Gasteiger partial charge in [-0.3, -0.25) is 4.79 Å². The molecule has 2 nitrogen and oxygen atoms in total. The molecule has 1 fully saturated rings. The predicted octanol–water partition coefficient (Wildman–Crippen LogP) is 3.03. The minimum atomic E-state index is -0.283. The van der Waals surface area contributed by atoms with Gasteiger partial charge in [0, 0.05) is 6.42 Å². The number of benzene rings is 1. The molecule has 1 aromatic rings. The molecule has 0 aliphatic heterocycles. The lowest BCUT2D eigenvalue weighted by molar-refractivity contribution is -0.117. The first-order valence-corrected chi connectivity index (χ1v) is 7.12. The van der Waals surface area contributed by atoms with Crippen molar-refractivity contribution >= 4 is 5.78 Å². The molecular formula is C16H22FNO. The van der Waals surface area contributed by atoms with Crippen LogP contribution in [0.1, 0.15) is 36.8 Å². The molecule has 0 amide bonds. The molecule has 19 heavy (non-hydrogen) atoms. The average molecular weight is 263 g/mol. The molecule has 0 radical (unpaired) electrons. The number of hydrogen-bond donors (Lipinski definition) is 1. The van der Waals surface area contributed by atoms with E-state index in [0.29, 0.717) is 12.1 Å². The maximum absolute atomic E-state index is 13.5. The van der Waals surface area contributed by atoms with E-state index in [9.17, 15) is 9.18 Å². The zero-order valence-electron chi connectivity index (χ0n) is 11.5. The summed E-state index contributed by atoms with van der Waals surface area (Å²) < 4.78 is 13.5. The standard InChI is InChI=1S/C16H22FNO/c1-12-6-7-16(17)14(8-12)9-15(19)11-18-10-13-4-2-3-5-13/h6-8,13,18H,2-5,9-11H2,1H3. The summed E-state index contributed by atoms with van der Waals surface area (Å²) in [5.41, 5.74) is 1.50. The molecule has 0 atom stereocenters. The second-order valence-corrected chi connectivity index (χ2v) is 5.59. The highest BCUT2D eigenvalue weighted by atomic mass is 19.1. The van der Waals surface area contributed by atoms with Crippen LogP contribution >= 0.6 is 0 Å². The second-order valence-electron chi connectivity index (χ2n) is 5.59. The van der Waals surface area contributed by atoms with Gasteiger partial charge in [-0.1, -0.05) is 30.5 Å². The molecule has 3 heteroatoms. The maximum Gasteiger partial charge on any atom is 0.151 e. The van der Waals surface area contributed by atoms with Crippen molar-refractivity contribution < 1.29 is 9.18 Å². The molecule has 0 bridgehead atoms. The maximum atomic E-state index is 13.5. The van der Waals surface area contributed by atoms with Crippen molar-refractivity contribution in [1.29, 1.82) is 0 Å². The summed E-state index contributed by atoms with van der Waals surface area (Å²) in [6, 6.07) is 4.91. The van der Waals surface area contributed by atoms with Crippen molar-refractivity contribution in [2.75, 3.05) is 13.1 Å². The average Bonchev–Trinajstić information content (AvgIpc) is 2.87.